The highest BCUT2D eigenvalue weighted by Gasteiger charge is 2.06. The zero-order valence-electron chi connectivity index (χ0n) is 6.47. The van der Waals surface area contributed by atoms with E-state index >= 15 is 0 Å². The topological polar surface area (TPSA) is 29.5 Å². The lowest BCUT2D eigenvalue weighted by Gasteiger charge is -2.07. The van der Waals surface area contributed by atoms with Gasteiger partial charge in [0.05, 0.1) is 20.9 Å². The van der Waals surface area contributed by atoms with Crippen molar-refractivity contribution in [3.8, 4) is 5.75 Å². The maximum absolute atomic E-state index is 8.90. The quantitative estimate of drug-likeness (QED) is 0.787. The Balaban J connectivity index is 3.18. The molecule has 1 N–H and O–H groups in total. The fourth-order valence-corrected chi connectivity index (χ4v) is 3.24. The van der Waals surface area contributed by atoms with Crippen molar-refractivity contribution in [1.82, 2.24) is 0 Å². The first-order valence-corrected chi connectivity index (χ1v) is 5.47. The van der Waals surface area contributed by atoms with E-state index in [1.54, 1.807) is 7.11 Å². The van der Waals surface area contributed by atoms with Crippen molar-refractivity contribution in [3.05, 3.63) is 24.8 Å². The summed E-state index contributed by atoms with van der Waals surface area (Å²) in [7, 11) is 1.65. The molecule has 0 aliphatic heterocycles. The van der Waals surface area contributed by atoms with Crippen LogP contribution in [0.2, 0.25) is 0 Å². The SMILES string of the molecule is COc1c(I)cc(CO)cc1I. The van der Waals surface area contributed by atoms with E-state index in [4.69, 9.17) is 9.84 Å². The number of rotatable bonds is 2. The van der Waals surface area contributed by atoms with Crippen LogP contribution < -0.4 is 4.74 Å². The molecule has 1 aromatic carbocycles. The highest BCUT2D eigenvalue weighted by molar-refractivity contribution is 14.1. The molecule has 0 saturated heterocycles. The molecular weight excluding hydrogens is 382 g/mol. The van der Waals surface area contributed by atoms with E-state index in [0.717, 1.165) is 18.5 Å². The molecular formula is C8H8I2O2. The zero-order chi connectivity index (χ0) is 9.14. The Kier molecular flexibility index (Phi) is 4.04. The molecule has 0 aliphatic carbocycles. The molecule has 4 heteroatoms. The maximum atomic E-state index is 8.90. The molecule has 0 unspecified atom stereocenters. The number of aliphatic hydroxyl groups is 1. The van der Waals surface area contributed by atoms with Gasteiger partial charge in [0.2, 0.25) is 0 Å². The number of hydrogen-bond acceptors (Lipinski definition) is 2. The Bertz CT molecular complexity index is 263. The summed E-state index contributed by atoms with van der Waals surface area (Å²) in [4.78, 5) is 0. The molecule has 2 nitrogen and oxygen atoms in total. The van der Waals surface area contributed by atoms with Crippen LogP contribution in [0.4, 0.5) is 0 Å². The average molecular weight is 390 g/mol. The number of halogens is 2. The average Bonchev–Trinajstić information content (AvgIpc) is 2.03. The largest absolute Gasteiger partial charge is 0.495 e. The van der Waals surface area contributed by atoms with Gasteiger partial charge in [-0.2, -0.15) is 0 Å². The summed E-state index contributed by atoms with van der Waals surface area (Å²) in [6.45, 7) is 0.0794. The van der Waals surface area contributed by atoms with E-state index < -0.39 is 0 Å². The van der Waals surface area contributed by atoms with Crippen LogP contribution in [-0.4, -0.2) is 12.2 Å². The third kappa shape index (κ3) is 2.23. The highest BCUT2D eigenvalue weighted by atomic mass is 127. The fraction of sp³-hybridized carbons (Fsp3) is 0.250. The number of hydrogen-bond donors (Lipinski definition) is 1. The first-order valence-electron chi connectivity index (χ1n) is 3.31. The van der Waals surface area contributed by atoms with Crippen LogP contribution in [0.25, 0.3) is 0 Å². The normalized spacial score (nSPS) is 10.0. The van der Waals surface area contributed by atoms with Gasteiger partial charge in [0.1, 0.15) is 5.75 Å². The van der Waals surface area contributed by atoms with E-state index in [9.17, 15) is 0 Å². The molecule has 0 aliphatic rings. The standard InChI is InChI=1S/C8H8I2O2/c1-12-8-6(9)2-5(4-11)3-7(8)10/h2-3,11H,4H2,1H3. The van der Waals surface area contributed by atoms with Crippen LogP contribution in [0.5, 0.6) is 5.75 Å². The van der Waals surface area contributed by atoms with Gasteiger partial charge < -0.3 is 9.84 Å². The first-order chi connectivity index (χ1) is 5.69. The Hall–Kier alpha value is 0.440. The summed E-state index contributed by atoms with van der Waals surface area (Å²) in [6, 6.07) is 3.84. The van der Waals surface area contributed by atoms with Crippen LogP contribution in [0, 0.1) is 7.14 Å². The lowest BCUT2D eigenvalue weighted by Crippen LogP contribution is -1.93. The predicted molar refractivity (Wildman–Crippen MR) is 64.4 cm³/mol. The van der Waals surface area contributed by atoms with Gasteiger partial charge in [0.25, 0.3) is 0 Å². The minimum absolute atomic E-state index is 0.0794. The third-order valence-electron chi connectivity index (χ3n) is 1.44. The summed E-state index contributed by atoms with van der Waals surface area (Å²) in [6.07, 6.45) is 0. The lowest BCUT2D eigenvalue weighted by atomic mass is 10.2. The number of ether oxygens (including phenoxy) is 1. The molecule has 1 rings (SSSR count). The van der Waals surface area contributed by atoms with Crippen LogP contribution in [0.15, 0.2) is 12.1 Å². The van der Waals surface area contributed by atoms with E-state index in [0.29, 0.717) is 0 Å². The smallest absolute Gasteiger partial charge is 0.145 e. The summed E-state index contributed by atoms with van der Waals surface area (Å²) in [5.41, 5.74) is 0.921. The monoisotopic (exact) mass is 390 g/mol. The second-order valence-corrected chi connectivity index (χ2v) is 4.58. The minimum Gasteiger partial charge on any atom is -0.495 e. The zero-order valence-corrected chi connectivity index (χ0v) is 10.8. The molecule has 66 valence electrons. The van der Waals surface area contributed by atoms with Crippen molar-refractivity contribution >= 4 is 45.2 Å². The van der Waals surface area contributed by atoms with Crippen molar-refractivity contribution in [1.29, 1.82) is 0 Å². The van der Waals surface area contributed by atoms with Gasteiger partial charge in [-0.25, -0.2) is 0 Å². The van der Waals surface area contributed by atoms with Crippen molar-refractivity contribution < 1.29 is 9.84 Å². The Morgan fingerprint density at radius 3 is 2.17 bits per heavy atom. The molecule has 0 atom stereocenters. The van der Waals surface area contributed by atoms with Gasteiger partial charge in [-0.05, 0) is 62.9 Å². The lowest BCUT2D eigenvalue weighted by molar-refractivity contribution is 0.281. The van der Waals surface area contributed by atoms with Crippen LogP contribution in [0.1, 0.15) is 5.56 Å². The molecule has 0 heterocycles. The molecule has 0 aromatic heterocycles. The van der Waals surface area contributed by atoms with Gasteiger partial charge in [0.15, 0.2) is 0 Å². The molecule has 12 heavy (non-hydrogen) atoms. The molecule has 0 spiro atoms. The number of methoxy groups -OCH3 is 1. The van der Waals surface area contributed by atoms with E-state index in [2.05, 4.69) is 45.2 Å². The molecule has 0 amide bonds. The van der Waals surface area contributed by atoms with E-state index in [1.165, 1.54) is 0 Å². The summed E-state index contributed by atoms with van der Waals surface area (Å²) in [5.74, 6) is 0.883. The third-order valence-corrected chi connectivity index (χ3v) is 3.05. The Morgan fingerprint density at radius 2 is 1.83 bits per heavy atom. The fourth-order valence-electron chi connectivity index (χ4n) is 0.899. The van der Waals surface area contributed by atoms with E-state index in [1.807, 2.05) is 12.1 Å². The molecule has 0 saturated carbocycles. The number of benzene rings is 1. The summed E-state index contributed by atoms with van der Waals surface area (Å²) >= 11 is 4.39. The molecule has 1 aromatic rings. The van der Waals surface area contributed by atoms with Crippen molar-refractivity contribution in [2.75, 3.05) is 7.11 Å². The second kappa shape index (κ2) is 4.61. The predicted octanol–water partition coefficient (Wildman–Crippen LogP) is 2.40. The van der Waals surface area contributed by atoms with Crippen molar-refractivity contribution in [2.45, 2.75) is 6.61 Å². The highest BCUT2D eigenvalue weighted by Crippen LogP contribution is 2.28. The van der Waals surface area contributed by atoms with Gasteiger partial charge in [-0.1, -0.05) is 0 Å². The molecule has 0 bridgehead atoms. The molecule has 0 fully saturated rings. The van der Waals surface area contributed by atoms with Gasteiger partial charge >= 0.3 is 0 Å². The minimum atomic E-state index is 0.0794. The Labute approximate surface area is 98.6 Å². The van der Waals surface area contributed by atoms with Crippen LogP contribution in [0.3, 0.4) is 0 Å². The van der Waals surface area contributed by atoms with Crippen LogP contribution in [-0.2, 0) is 6.61 Å². The Morgan fingerprint density at radius 1 is 1.33 bits per heavy atom. The first kappa shape index (κ1) is 10.5. The molecule has 0 radical (unpaired) electrons. The van der Waals surface area contributed by atoms with Crippen molar-refractivity contribution in [2.24, 2.45) is 0 Å². The number of aliphatic hydroxyl groups excluding tert-OH is 1. The van der Waals surface area contributed by atoms with Gasteiger partial charge in [0, 0.05) is 0 Å². The second-order valence-electron chi connectivity index (χ2n) is 2.25. The van der Waals surface area contributed by atoms with Crippen LogP contribution >= 0.6 is 45.2 Å². The van der Waals surface area contributed by atoms with Gasteiger partial charge in [-0.3, -0.25) is 0 Å². The maximum Gasteiger partial charge on any atom is 0.145 e. The van der Waals surface area contributed by atoms with E-state index in [-0.39, 0.29) is 6.61 Å². The summed E-state index contributed by atoms with van der Waals surface area (Å²) in [5, 5.41) is 8.90. The van der Waals surface area contributed by atoms with Gasteiger partial charge in [-0.15, -0.1) is 0 Å². The summed E-state index contributed by atoms with van der Waals surface area (Å²) < 4.78 is 7.25. The van der Waals surface area contributed by atoms with Crippen molar-refractivity contribution in [3.63, 3.8) is 0 Å².